The Kier molecular flexibility index (Phi) is 3.97. The van der Waals surface area contributed by atoms with Crippen molar-refractivity contribution in [3.8, 4) is 11.1 Å². The maximum Gasteiger partial charge on any atom is 0.256 e. The molecule has 2 aromatic rings. The van der Waals surface area contributed by atoms with Gasteiger partial charge in [0.2, 0.25) is 0 Å². The standard InChI is InChI=1S/C12H8Cl3NO2/c13-6-3-9(14)11(10(15)4-6)8-2-1-7(5-17)16-12(8)18/h1-4,17H,5H2,(H,16,18). The Labute approximate surface area is 118 Å². The SMILES string of the molecule is O=c1[nH]c(CO)ccc1-c1c(Cl)cc(Cl)cc1Cl. The van der Waals surface area contributed by atoms with Gasteiger partial charge in [0.1, 0.15) is 0 Å². The molecule has 2 rings (SSSR count). The van der Waals surface area contributed by atoms with Gasteiger partial charge in [-0.2, -0.15) is 0 Å². The number of halogens is 3. The Morgan fingerprint density at radius 2 is 1.72 bits per heavy atom. The van der Waals surface area contributed by atoms with Crippen molar-refractivity contribution in [2.24, 2.45) is 0 Å². The van der Waals surface area contributed by atoms with Crippen LogP contribution in [0.5, 0.6) is 0 Å². The van der Waals surface area contributed by atoms with Crippen LogP contribution < -0.4 is 5.56 Å². The Bertz CT molecular complexity index is 629. The molecule has 2 N–H and O–H groups in total. The van der Waals surface area contributed by atoms with E-state index >= 15 is 0 Å². The Morgan fingerprint density at radius 3 is 2.22 bits per heavy atom. The maximum absolute atomic E-state index is 11.9. The van der Waals surface area contributed by atoms with Crippen molar-refractivity contribution in [3.05, 3.63) is 55.4 Å². The number of H-pyrrole nitrogens is 1. The first kappa shape index (κ1) is 13.4. The fraction of sp³-hybridized carbons (Fsp3) is 0.0833. The molecule has 0 aliphatic carbocycles. The van der Waals surface area contributed by atoms with Gasteiger partial charge in [-0.05, 0) is 24.3 Å². The first-order chi connectivity index (χ1) is 8.52. The Balaban J connectivity index is 2.66. The number of aliphatic hydroxyl groups excluding tert-OH is 1. The summed E-state index contributed by atoms with van der Waals surface area (Å²) in [7, 11) is 0. The van der Waals surface area contributed by atoms with E-state index in [1.165, 1.54) is 12.1 Å². The summed E-state index contributed by atoms with van der Waals surface area (Å²) in [4.78, 5) is 14.4. The minimum absolute atomic E-state index is 0.238. The molecule has 6 heteroatoms. The zero-order chi connectivity index (χ0) is 13.3. The third-order valence-corrected chi connectivity index (χ3v) is 3.23. The highest BCUT2D eigenvalue weighted by molar-refractivity contribution is 6.41. The lowest BCUT2D eigenvalue weighted by Gasteiger charge is -2.07. The topological polar surface area (TPSA) is 53.1 Å². The van der Waals surface area contributed by atoms with Crippen molar-refractivity contribution in [3.63, 3.8) is 0 Å². The van der Waals surface area contributed by atoms with Crippen LogP contribution in [0.15, 0.2) is 29.1 Å². The second-order valence-corrected chi connectivity index (χ2v) is 4.88. The summed E-state index contributed by atoms with van der Waals surface area (Å²) >= 11 is 17.9. The second kappa shape index (κ2) is 5.33. The zero-order valence-corrected chi connectivity index (χ0v) is 11.3. The highest BCUT2D eigenvalue weighted by Crippen LogP contribution is 2.35. The highest BCUT2D eigenvalue weighted by Gasteiger charge is 2.13. The fourth-order valence-corrected chi connectivity index (χ4v) is 2.62. The lowest BCUT2D eigenvalue weighted by atomic mass is 10.1. The van der Waals surface area contributed by atoms with E-state index in [9.17, 15) is 4.79 Å². The Morgan fingerprint density at radius 1 is 1.11 bits per heavy atom. The number of aromatic nitrogens is 1. The number of benzene rings is 1. The molecule has 0 aliphatic heterocycles. The zero-order valence-electron chi connectivity index (χ0n) is 9.01. The molecule has 18 heavy (non-hydrogen) atoms. The largest absolute Gasteiger partial charge is 0.390 e. The van der Waals surface area contributed by atoms with Crippen LogP contribution in [0.2, 0.25) is 15.1 Å². The quantitative estimate of drug-likeness (QED) is 0.892. The summed E-state index contributed by atoms with van der Waals surface area (Å²) in [6.07, 6.45) is 0. The fourth-order valence-electron chi connectivity index (χ4n) is 1.60. The van der Waals surface area contributed by atoms with E-state index in [-0.39, 0.29) is 12.2 Å². The van der Waals surface area contributed by atoms with Crippen LogP contribution in [0.25, 0.3) is 11.1 Å². The summed E-state index contributed by atoms with van der Waals surface area (Å²) in [5, 5.41) is 9.93. The van der Waals surface area contributed by atoms with Crippen LogP contribution in [0.1, 0.15) is 5.69 Å². The van der Waals surface area contributed by atoms with Crippen LogP contribution in [0.3, 0.4) is 0 Å². The third-order valence-electron chi connectivity index (χ3n) is 2.42. The highest BCUT2D eigenvalue weighted by atomic mass is 35.5. The van der Waals surface area contributed by atoms with E-state index in [4.69, 9.17) is 39.9 Å². The molecule has 0 fully saturated rings. The third kappa shape index (κ3) is 2.54. The minimum Gasteiger partial charge on any atom is -0.390 e. The molecule has 1 aromatic carbocycles. The van der Waals surface area contributed by atoms with Crippen molar-refractivity contribution in [1.82, 2.24) is 4.98 Å². The molecular weight excluding hydrogens is 296 g/mol. The van der Waals surface area contributed by atoms with Crippen molar-refractivity contribution in [2.75, 3.05) is 0 Å². The molecule has 0 spiro atoms. The molecule has 1 heterocycles. The average molecular weight is 305 g/mol. The molecule has 0 atom stereocenters. The first-order valence-electron chi connectivity index (χ1n) is 5.01. The molecular formula is C12H8Cl3NO2. The van der Waals surface area contributed by atoms with Crippen LogP contribution in [0.4, 0.5) is 0 Å². The van der Waals surface area contributed by atoms with Gasteiger partial charge in [-0.25, -0.2) is 0 Å². The number of hydrogen-bond acceptors (Lipinski definition) is 2. The van der Waals surface area contributed by atoms with Crippen molar-refractivity contribution < 1.29 is 5.11 Å². The molecule has 3 nitrogen and oxygen atoms in total. The number of nitrogens with one attached hydrogen (secondary N) is 1. The van der Waals surface area contributed by atoms with Gasteiger partial charge < -0.3 is 10.1 Å². The van der Waals surface area contributed by atoms with E-state index in [1.807, 2.05) is 0 Å². The van der Waals surface area contributed by atoms with Crippen LogP contribution in [0, 0.1) is 0 Å². The van der Waals surface area contributed by atoms with Crippen LogP contribution in [-0.4, -0.2) is 10.1 Å². The summed E-state index contributed by atoms with van der Waals surface area (Å²) in [5.41, 5.74) is 0.810. The molecule has 0 saturated carbocycles. The molecule has 0 radical (unpaired) electrons. The van der Waals surface area contributed by atoms with E-state index in [0.717, 1.165) is 0 Å². The van der Waals surface area contributed by atoms with Gasteiger partial charge in [-0.15, -0.1) is 0 Å². The number of pyridine rings is 1. The van der Waals surface area contributed by atoms with E-state index in [1.54, 1.807) is 12.1 Å². The van der Waals surface area contributed by atoms with E-state index in [0.29, 0.717) is 31.9 Å². The van der Waals surface area contributed by atoms with Gasteiger partial charge in [-0.1, -0.05) is 34.8 Å². The van der Waals surface area contributed by atoms with Gasteiger partial charge in [0.15, 0.2) is 0 Å². The van der Waals surface area contributed by atoms with Gasteiger partial charge in [0.05, 0.1) is 16.7 Å². The molecule has 0 unspecified atom stereocenters. The summed E-state index contributed by atoms with van der Waals surface area (Å²) in [6, 6.07) is 6.19. The van der Waals surface area contributed by atoms with E-state index in [2.05, 4.69) is 4.98 Å². The number of aromatic amines is 1. The first-order valence-corrected chi connectivity index (χ1v) is 6.14. The van der Waals surface area contributed by atoms with Crippen molar-refractivity contribution >= 4 is 34.8 Å². The molecule has 0 amide bonds. The maximum atomic E-state index is 11.9. The Hall–Kier alpha value is -1.000. The molecule has 0 saturated heterocycles. The smallest absolute Gasteiger partial charge is 0.256 e. The van der Waals surface area contributed by atoms with Crippen molar-refractivity contribution in [2.45, 2.75) is 6.61 Å². The van der Waals surface area contributed by atoms with Gasteiger partial charge in [-0.3, -0.25) is 4.79 Å². The predicted molar refractivity (Wildman–Crippen MR) is 73.5 cm³/mol. The average Bonchev–Trinajstić information content (AvgIpc) is 2.29. The van der Waals surface area contributed by atoms with Crippen LogP contribution in [-0.2, 0) is 6.61 Å². The second-order valence-electron chi connectivity index (χ2n) is 3.63. The monoisotopic (exact) mass is 303 g/mol. The normalized spacial score (nSPS) is 10.7. The van der Waals surface area contributed by atoms with Gasteiger partial charge >= 0.3 is 0 Å². The lowest BCUT2D eigenvalue weighted by Crippen LogP contribution is -2.11. The summed E-state index contributed by atoms with van der Waals surface area (Å²) in [5.74, 6) is 0. The molecule has 0 aliphatic rings. The molecule has 94 valence electrons. The number of aliphatic hydroxyl groups is 1. The van der Waals surface area contributed by atoms with Crippen molar-refractivity contribution in [1.29, 1.82) is 0 Å². The number of rotatable bonds is 2. The van der Waals surface area contributed by atoms with E-state index < -0.39 is 0 Å². The van der Waals surface area contributed by atoms with Crippen LogP contribution >= 0.6 is 34.8 Å². The summed E-state index contributed by atoms with van der Waals surface area (Å²) in [6.45, 7) is -0.238. The van der Waals surface area contributed by atoms with Gasteiger partial charge in [0.25, 0.3) is 5.56 Å². The van der Waals surface area contributed by atoms with Gasteiger partial charge in [0, 0.05) is 21.8 Å². The predicted octanol–water partition coefficient (Wildman–Crippen LogP) is 3.49. The lowest BCUT2D eigenvalue weighted by molar-refractivity contribution is 0.276. The number of hydrogen-bond donors (Lipinski definition) is 2. The summed E-state index contributed by atoms with van der Waals surface area (Å²) < 4.78 is 0. The molecule has 1 aromatic heterocycles. The minimum atomic E-state index is -0.368. The molecule has 0 bridgehead atoms.